The van der Waals surface area contributed by atoms with Crippen LogP contribution in [0.2, 0.25) is 0 Å². The van der Waals surface area contributed by atoms with Crippen LogP contribution in [-0.2, 0) is 13.1 Å². The molecule has 21 heavy (non-hydrogen) atoms. The highest BCUT2D eigenvalue weighted by atomic mass is 35.5. The molecule has 1 heterocycles. The van der Waals surface area contributed by atoms with E-state index < -0.39 is 0 Å². The van der Waals surface area contributed by atoms with Gasteiger partial charge in [-0.1, -0.05) is 18.2 Å². The van der Waals surface area contributed by atoms with Gasteiger partial charge in [-0.3, -0.25) is 4.68 Å². The first-order valence-electron chi connectivity index (χ1n) is 8.07. The number of para-hydroxylation sites is 1. The van der Waals surface area contributed by atoms with Gasteiger partial charge in [0.2, 0.25) is 0 Å². The molecule has 0 radical (unpaired) electrons. The van der Waals surface area contributed by atoms with Gasteiger partial charge in [-0.2, -0.15) is 5.10 Å². The highest BCUT2D eigenvalue weighted by molar-refractivity contribution is 6.20. The molecule has 1 N–H and O–H groups in total. The van der Waals surface area contributed by atoms with Gasteiger partial charge in [0.05, 0.1) is 11.2 Å². The van der Waals surface area contributed by atoms with E-state index in [1.54, 1.807) is 0 Å². The molecule has 0 saturated heterocycles. The summed E-state index contributed by atoms with van der Waals surface area (Å²) < 4.78 is 2.09. The van der Waals surface area contributed by atoms with Crippen LogP contribution in [-0.4, -0.2) is 21.7 Å². The van der Waals surface area contributed by atoms with Gasteiger partial charge >= 0.3 is 0 Å². The van der Waals surface area contributed by atoms with Crippen molar-refractivity contribution in [2.45, 2.75) is 51.1 Å². The third kappa shape index (κ3) is 3.41. The van der Waals surface area contributed by atoms with E-state index in [1.165, 1.54) is 42.3 Å². The molecule has 0 atom stereocenters. The van der Waals surface area contributed by atoms with E-state index in [0.29, 0.717) is 5.38 Å². The number of fused-ring (bicyclic) bond motifs is 1. The molecule has 3 nitrogen and oxygen atoms in total. The molecule has 1 aliphatic rings. The van der Waals surface area contributed by atoms with Crippen LogP contribution < -0.4 is 5.32 Å². The van der Waals surface area contributed by atoms with E-state index in [0.717, 1.165) is 25.6 Å². The zero-order valence-electron chi connectivity index (χ0n) is 12.7. The Morgan fingerprint density at radius 1 is 1.24 bits per heavy atom. The van der Waals surface area contributed by atoms with E-state index in [-0.39, 0.29) is 0 Å². The number of nitrogens with zero attached hydrogens (tertiary/aromatic N) is 2. The Bertz CT molecular complexity index is 585. The molecule has 0 bridgehead atoms. The molecule has 0 spiro atoms. The molecule has 3 rings (SSSR count). The van der Waals surface area contributed by atoms with Crippen molar-refractivity contribution < 1.29 is 0 Å². The number of halogens is 1. The number of hydrogen-bond donors (Lipinski definition) is 1. The number of hydrogen-bond acceptors (Lipinski definition) is 2. The quantitative estimate of drug-likeness (QED) is 0.848. The molecule has 1 aliphatic carbocycles. The number of rotatable bonds is 5. The van der Waals surface area contributed by atoms with Crippen LogP contribution in [0.25, 0.3) is 10.9 Å². The van der Waals surface area contributed by atoms with Gasteiger partial charge in [0.1, 0.15) is 0 Å². The summed E-state index contributed by atoms with van der Waals surface area (Å²) in [5.41, 5.74) is 2.40. The van der Waals surface area contributed by atoms with Crippen molar-refractivity contribution in [3.05, 3.63) is 30.0 Å². The average Bonchev–Trinajstić information content (AvgIpc) is 2.88. The molecular weight excluding hydrogens is 282 g/mol. The van der Waals surface area contributed by atoms with Crippen molar-refractivity contribution in [1.82, 2.24) is 15.1 Å². The Kier molecular flexibility index (Phi) is 4.81. The van der Waals surface area contributed by atoms with Crippen molar-refractivity contribution in [3.63, 3.8) is 0 Å². The molecule has 1 saturated carbocycles. The monoisotopic (exact) mass is 305 g/mol. The molecule has 114 valence electrons. The molecule has 0 amide bonds. The normalized spacial score (nSPS) is 22.8. The predicted molar refractivity (Wildman–Crippen MR) is 88.7 cm³/mol. The average molecular weight is 306 g/mol. The number of aryl methyl sites for hydroxylation is 1. The maximum atomic E-state index is 6.16. The van der Waals surface area contributed by atoms with Crippen molar-refractivity contribution in [3.8, 4) is 0 Å². The van der Waals surface area contributed by atoms with E-state index >= 15 is 0 Å². The fourth-order valence-corrected chi connectivity index (χ4v) is 3.54. The summed E-state index contributed by atoms with van der Waals surface area (Å²) in [6.45, 7) is 4.99. The Labute approximate surface area is 131 Å². The topological polar surface area (TPSA) is 29.9 Å². The number of aromatic nitrogens is 2. The number of benzene rings is 1. The third-order valence-corrected chi connectivity index (χ3v) is 4.97. The number of alkyl halides is 1. The molecule has 1 aromatic carbocycles. The largest absolute Gasteiger partial charge is 0.311 e. The summed E-state index contributed by atoms with van der Waals surface area (Å²) in [4.78, 5) is 0. The zero-order valence-corrected chi connectivity index (χ0v) is 13.4. The fraction of sp³-hybridized carbons (Fsp3) is 0.588. The fourth-order valence-electron chi connectivity index (χ4n) is 3.29. The Hall–Kier alpha value is -1.06. The minimum Gasteiger partial charge on any atom is -0.311 e. The van der Waals surface area contributed by atoms with Crippen LogP contribution in [0.5, 0.6) is 0 Å². The third-order valence-electron chi connectivity index (χ3n) is 4.54. The summed E-state index contributed by atoms with van der Waals surface area (Å²) >= 11 is 6.16. The molecule has 0 aliphatic heterocycles. The molecular formula is C17H24ClN3. The highest BCUT2D eigenvalue weighted by Gasteiger charge is 2.19. The second-order valence-corrected chi connectivity index (χ2v) is 6.65. The van der Waals surface area contributed by atoms with E-state index in [4.69, 9.17) is 16.7 Å². The SMILES string of the molecule is CCn1nc(CNCC2CCC(Cl)CC2)c2ccccc21. The van der Waals surface area contributed by atoms with E-state index in [9.17, 15) is 0 Å². The van der Waals surface area contributed by atoms with Crippen LogP contribution >= 0.6 is 11.6 Å². The van der Waals surface area contributed by atoms with Gasteiger partial charge in [0.15, 0.2) is 0 Å². The number of nitrogens with one attached hydrogen (secondary N) is 1. The lowest BCUT2D eigenvalue weighted by Crippen LogP contribution is -2.26. The zero-order chi connectivity index (χ0) is 14.7. The smallest absolute Gasteiger partial charge is 0.0841 e. The summed E-state index contributed by atoms with van der Waals surface area (Å²) in [6.07, 6.45) is 4.85. The van der Waals surface area contributed by atoms with Crippen LogP contribution in [0.1, 0.15) is 38.3 Å². The summed E-state index contributed by atoms with van der Waals surface area (Å²) in [6, 6.07) is 8.49. The first-order valence-corrected chi connectivity index (χ1v) is 8.50. The second-order valence-electron chi connectivity index (χ2n) is 6.03. The van der Waals surface area contributed by atoms with Crippen molar-refractivity contribution in [2.24, 2.45) is 5.92 Å². The van der Waals surface area contributed by atoms with Crippen LogP contribution in [0.4, 0.5) is 0 Å². The second kappa shape index (κ2) is 6.80. The highest BCUT2D eigenvalue weighted by Crippen LogP contribution is 2.27. The van der Waals surface area contributed by atoms with Crippen molar-refractivity contribution in [1.29, 1.82) is 0 Å². The lowest BCUT2D eigenvalue weighted by molar-refractivity contribution is 0.345. The maximum Gasteiger partial charge on any atom is 0.0841 e. The van der Waals surface area contributed by atoms with Crippen molar-refractivity contribution >= 4 is 22.5 Å². The molecule has 1 fully saturated rings. The molecule has 4 heteroatoms. The molecule has 2 aromatic rings. The van der Waals surface area contributed by atoms with E-state index in [1.807, 2.05) is 0 Å². The minimum atomic E-state index is 0.408. The van der Waals surface area contributed by atoms with Gasteiger partial charge in [0.25, 0.3) is 0 Å². The van der Waals surface area contributed by atoms with Crippen LogP contribution in [0, 0.1) is 5.92 Å². The molecule has 1 aromatic heterocycles. The Morgan fingerprint density at radius 3 is 2.76 bits per heavy atom. The first-order chi connectivity index (χ1) is 10.3. The van der Waals surface area contributed by atoms with Crippen molar-refractivity contribution in [2.75, 3.05) is 6.54 Å². The molecule has 0 unspecified atom stereocenters. The van der Waals surface area contributed by atoms with Crippen LogP contribution in [0.3, 0.4) is 0 Å². The first kappa shape index (κ1) is 14.9. The lowest BCUT2D eigenvalue weighted by Gasteiger charge is -2.25. The summed E-state index contributed by atoms with van der Waals surface area (Å²) in [5, 5.41) is 10.0. The Balaban J connectivity index is 1.60. The minimum absolute atomic E-state index is 0.408. The van der Waals surface area contributed by atoms with Gasteiger partial charge in [-0.05, 0) is 51.1 Å². The summed E-state index contributed by atoms with van der Waals surface area (Å²) in [5.74, 6) is 0.777. The van der Waals surface area contributed by atoms with E-state index in [2.05, 4.69) is 41.2 Å². The van der Waals surface area contributed by atoms with Gasteiger partial charge in [-0.25, -0.2) is 0 Å². The Morgan fingerprint density at radius 2 is 2.00 bits per heavy atom. The van der Waals surface area contributed by atoms with Gasteiger partial charge < -0.3 is 5.32 Å². The maximum absolute atomic E-state index is 6.16. The van der Waals surface area contributed by atoms with Gasteiger partial charge in [-0.15, -0.1) is 11.6 Å². The predicted octanol–water partition coefficient (Wildman–Crippen LogP) is 3.94. The lowest BCUT2D eigenvalue weighted by atomic mass is 9.89. The van der Waals surface area contributed by atoms with Gasteiger partial charge in [0, 0.05) is 23.9 Å². The summed E-state index contributed by atoms with van der Waals surface area (Å²) in [7, 11) is 0. The standard InChI is InChI=1S/C17H24ClN3/c1-2-21-17-6-4-3-5-15(17)16(20-21)12-19-11-13-7-9-14(18)10-8-13/h3-6,13-14,19H,2,7-12H2,1H3. The van der Waals surface area contributed by atoms with Crippen LogP contribution in [0.15, 0.2) is 24.3 Å².